The molecule has 1 heterocycles. The number of carboxylic acid groups (broad SMARTS) is 1. The Morgan fingerprint density at radius 2 is 2.10 bits per heavy atom. The molecule has 0 aliphatic heterocycles. The Bertz CT molecular complexity index is 662. The van der Waals surface area contributed by atoms with Crippen molar-refractivity contribution in [3.8, 4) is 11.4 Å². The summed E-state index contributed by atoms with van der Waals surface area (Å²) in [6, 6.07) is 6.23. The van der Waals surface area contributed by atoms with Gasteiger partial charge in [-0.05, 0) is 35.3 Å². The lowest BCUT2D eigenvalue weighted by atomic mass is 10.1. The van der Waals surface area contributed by atoms with E-state index in [0.29, 0.717) is 6.42 Å². The fraction of sp³-hybridized carbons (Fsp3) is 0.333. The topological polar surface area (TPSA) is 55.1 Å². The summed E-state index contributed by atoms with van der Waals surface area (Å²) in [5, 5.41) is 8.81. The Hall–Kier alpha value is -1.62. The minimum atomic E-state index is -0.800. The van der Waals surface area contributed by atoms with Gasteiger partial charge in [0.2, 0.25) is 0 Å². The fourth-order valence-corrected chi connectivity index (χ4v) is 2.93. The number of hydrogen-bond acceptors (Lipinski definition) is 2. The zero-order valence-corrected chi connectivity index (χ0v) is 13.4. The van der Waals surface area contributed by atoms with Crippen molar-refractivity contribution in [1.29, 1.82) is 0 Å². The number of hydrogen-bond donors (Lipinski definition) is 1. The molecule has 0 aliphatic carbocycles. The second-order valence-electron chi connectivity index (χ2n) is 4.94. The van der Waals surface area contributed by atoms with E-state index < -0.39 is 5.97 Å². The van der Waals surface area contributed by atoms with E-state index >= 15 is 0 Å². The lowest BCUT2D eigenvalue weighted by Crippen LogP contribution is -2.04. The molecule has 2 aromatic rings. The molecule has 0 radical (unpaired) electrons. The lowest BCUT2D eigenvalue weighted by Gasteiger charge is -2.08. The minimum absolute atomic E-state index is 0.102. The molecule has 1 N–H and O–H groups in total. The number of carboxylic acids is 1. The third kappa shape index (κ3) is 2.93. The van der Waals surface area contributed by atoms with E-state index in [1.807, 2.05) is 11.6 Å². The molecule has 0 amide bonds. The van der Waals surface area contributed by atoms with Crippen LogP contribution in [0.1, 0.15) is 23.2 Å². The number of carbonyl (C=O) groups is 1. The highest BCUT2D eigenvalue weighted by Gasteiger charge is 2.16. The summed E-state index contributed by atoms with van der Waals surface area (Å²) in [4.78, 5) is 15.3. The molecular weight excluding hydrogens is 320 g/mol. The van der Waals surface area contributed by atoms with Gasteiger partial charge in [-0.2, -0.15) is 0 Å². The molecular formula is C15H17BrN2O2. The van der Waals surface area contributed by atoms with Gasteiger partial charge in [0, 0.05) is 19.0 Å². The average molecular weight is 337 g/mol. The van der Waals surface area contributed by atoms with Crippen molar-refractivity contribution in [2.75, 3.05) is 0 Å². The van der Waals surface area contributed by atoms with Crippen LogP contribution < -0.4 is 0 Å². The summed E-state index contributed by atoms with van der Waals surface area (Å²) >= 11 is 3.43. The molecule has 0 saturated carbocycles. The van der Waals surface area contributed by atoms with Crippen molar-refractivity contribution in [2.45, 2.75) is 26.7 Å². The number of halogens is 1. The minimum Gasteiger partial charge on any atom is -0.481 e. The van der Waals surface area contributed by atoms with Crippen molar-refractivity contribution in [3.63, 3.8) is 0 Å². The first-order valence-electron chi connectivity index (χ1n) is 6.40. The van der Waals surface area contributed by atoms with E-state index in [2.05, 4.69) is 53.0 Å². The first-order chi connectivity index (χ1) is 9.40. The molecule has 0 saturated heterocycles. The first-order valence-corrected chi connectivity index (χ1v) is 7.20. The van der Waals surface area contributed by atoms with Gasteiger partial charge in [-0.15, -0.1) is 0 Å². The summed E-state index contributed by atoms with van der Waals surface area (Å²) in [6.45, 7) is 4.12. The van der Waals surface area contributed by atoms with E-state index in [4.69, 9.17) is 5.11 Å². The second-order valence-corrected chi connectivity index (χ2v) is 5.70. The van der Waals surface area contributed by atoms with Crippen LogP contribution in [0.5, 0.6) is 0 Å². The number of aryl methyl sites for hydroxylation is 2. The first kappa shape index (κ1) is 14.8. The monoisotopic (exact) mass is 336 g/mol. The van der Waals surface area contributed by atoms with E-state index in [9.17, 15) is 4.79 Å². The maximum absolute atomic E-state index is 10.7. The summed E-state index contributed by atoms with van der Waals surface area (Å²) < 4.78 is 2.68. The van der Waals surface area contributed by atoms with Crippen LogP contribution in [0.3, 0.4) is 0 Å². The van der Waals surface area contributed by atoms with Crippen LogP contribution in [0.4, 0.5) is 0 Å². The molecule has 1 aromatic carbocycles. The van der Waals surface area contributed by atoms with Crippen LogP contribution in [0.2, 0.25) is 0 Å². The van der Waals surface area contributed by atoms with E-state index in [0.717, 1.165) is 27.2 Å². The number of aromatic nitrogens is 2. The van der Waals surface area contributed by atoms with Crippen LogP contribution >= 0.6 is 15.9 Å². The van der Waals surface area contributed by atoms with Gasteiger partial charge in [0.25, 0.3) is 0 Å². The molecule has 0 unspecified atom stereocenters. The normalized spacial score (nSPS) is 10.8. The predicted octanol–water partition coefficient (Wildman–Crippen LogP) is 3.48. The molecule has 2 rings (SSSR count). The maximum Gasteiger partial charge on any atom is 0.303 e. The summed E-state index contributed by atoms with van der Waals surface area (Å²) in [5.74, 6) is 0.0564. The Kier molecular flexibility index (Phi) is 4.28. The van der Waals surface area contributed by atoms with Gasteiger partial charge in [0.05, 0.1) is 12.1 Å². The van der Waals surface area contributed by atoms with Crippen LogP contribution in [0.25, 0.3) is 11.4 Å². The van der Waals surface area contributed by atoms with Crippen molar-refractivity contribution in [3.05, 3.63) is 39.6 Å². The second kappa shape index (κ2) is 5.79. The van der Waals surface area contributed by atoms with Crippen molar-refractivity contribution in [2.24, 2.45) is 7.05 Å². The van der Waals surface area contributed by atoms with Gasteiger partial charge >= 0.3 is 5.97 Å². The average Bonchev–Trinajstić information content (AvgIpc) is 2.62. The molecule has 0 atom stereocenters. The smallest absolute Gasteiger partial charge is 0.303 e. The van der Waals surface area contributed by atoms with Crippen LogP contribution in [0, 0.1) is 13.8 Å². The molecule has 0 fully saturated rings. The molecule has 4 nitrogen and oxygen atoms in total. The van der Waals surface area contributed by atoms with Gasteiger partial charge in [0.15, 0.2) is 0 Å². The molecule has 20 heavy (non-hydrogen) atoms. The standard InChI is InChI=1S/C15H17BrN2O2/c1-9-4-5-11(10(2)8-9)15-17-14(16)12(18(15)3)6-7-13(19)20/h4-5,8H,6-7H2,1-3H3,(H,19,20). The number of aliphatic carboxylic acids is 1. The van der Waals surface area contributed by atoms with E-state index in [1.165, 1.54) is 5.56 Å². The summed E-state index contributed by atoms with van der Waals surface area (Å²) in [6.07, 6.45) is 0.564. The number of nitrogens with zero attached hydrogens (tertiary/aromatic N) is 2. The summed E-state index contributed by atoms with van der Waals surface area (Å²) in [5.41, 5.74) is 4.35. The Morgan fingerprint density at radius 1 is 1.40 bits per heavy atom. The number of imidazole rings is 1. The zero-order valence-electron chi connectivity index (χ0n) is 11.8. The molecule has 0 aliphatic rings. The molecule has 0 bridgehead atoms. The Labute approximate surface area is 126 Å². The Balaban J connectivity index is 2.43. The summed E-state index contributed by atoms with van der Waals surface area (Å²) in [7, 11) is 1.92. The fourth-order valence-electron chi connectivity index (χ4n) is 2.30. The quantitative estimate of drug-likeness (QED) is 0.929. The lowest BCUT2D eigenvalue weighted by molar-refractivity contribution is -0.136. The van der Waals surface area contributed by atoms with Crippen molar-refractivity contribution in [1.82, 2.24) is 9.55 Å². The Morgan fingerprint density at radius 3 is 2.70 bits per heavy atom. The van der Waals surface area contributed by atoms with Crippen LogP contribution in [-0.2, 0) is 18.3 Å². The third-order valence-corrected chi connectivity index (χ3v) is 4.00. The SMILES string of the molecule is Cc1ccc(-c2nc(Br)c(CCC(=O)O)n2C)c(C)c1. The third-order valence-electron chi connectivity index (χ3n) is 3.36. The van der Waals surface area contributed by atoms with Gasteiger partial charge < -0.3 is 9.67 Å². The molecule has 0 spiro atoms. The molecule has 5 heteroatoms. The highest BCUT2D eigenvalue weighted by Crippen LogP contribution is 2.28. The predicted molar refractivity (Wildman–Crippen MR) is 81.8 cm³/mol. The van der Waals surface area contributed by atoms with E-state index in [-0.39, 0.29) is 6.42 Å². The largest absolute Gasteiger partial charge is 0.481 e. The van der Waals surface area contributed by atoms with Crippen molar-refractivity contribution >= 4 is 21.9 Å². The molecule has 106 valence electrons. The number of benzene rings is 1. The van der Waals surface area contributed by atoms with E-state index in [1.54, 1.807) is 0 Å². The molecule has 1 aromatic heterocycles. The van der Waals surface area contributed by atoms with Gasteiger partial charge in [-0.3, -0.25) is 4.79 Å². The zero-order chi connectivity index (χ0) is 14.9. The van der Waals surface area contributed by atoms with Gasteiger partial charge in [0.1, 0.15) is 10.4 Å². The number of rotatable bonds is 4. The van der Waals surface area contributed by atoms with Crippen LogP contribution in [0.15, 0.2) is 22.8 Å². The van der Waals surface area contributed by atoms with Gasteiger partial charge in [-0.1, -0.05) is 23.8 Å². The maximum atomic E-state index is 10.7. The highest BCUT2D eigenvalue weighted by molar-refractivity contribution is 9.10. The van der Waals surface area contributed by atoms with Crippen LogP contribution in [-0.4, -0.2) is 20.6 Å². The van der Waals surface area contributed by atoms with Crippen molar-refractivity contribution < 1.29 is 9.90 Å². The van der Waals surface area contributed by atoms with Gasteiger partial charge in [-0.25, -0.2) is 4.98 Å². The highest BCUT2D eigenvalue weighted by atomic mass is 79.9.